The second-order valence-electron chi connectivity index (χ2n) is 3.23. The molecule has 1 rings (SSSR count). The van der Waals surface area contributed by atoms with Crippen LogP contribution in [0.15, 0.2) is 29.9 Å². The first-order valence-electron chi connectivity index (χ1n) is 3.73. The lowest BCUT2D eigenvalue weighted by Gasteiger charge is -2.24. The topological polar surface area (TPSA) is 34.1 Å². The summed E-state index contributed by atoms with van der Waals surface area (Å²) in [6, 6.07) is 0. The average molecular weight is 162 g/mol. The normalized spacial score (nSPS) is 19.8. The van der Waals surface area contributed by atoms with Crippen molar-refractivity contribution in [2.24, 2.45) is 5.41 Å². The van der Waals surface area contributed by atoms with E-state index in [1.165, 1.54) is 12.2 Å². The largest absolute Gasteiger partial charge is 0.294 e. The van der Waals surface area contributed by atoms with Crippen molar-refractivity contribution in [1.82, 2.24) is 0 Å². The molecule has 2 nitrogen and oxygen atoms in total. The van der Waals surface area contributed by atoms with Gasteiger partial charge in [-0.25, -0.2) is 4.79 Å². The minimum atomic E-state index is -0.577. The molecule has 12 heavy (non-hydrogen) atoms. The van der Waals surface area contributed by atoms with Crippen molar-refractivity contribution in [3.63, 3.8) is 0 Å². The fourth-order valence-corrected chi connectivity index (χ4v) is 1.09. The zero-order valence-electron chi connectivity index (χ0n) is 7.13. The summed E-state index contributed by atoms with van der Waals surface area (Å²) in [6.07, 6.45) is 6.23. The van der Waals surface area contributed by atoms with Crippen molar-refractivity contribution < 1.29 is 9.59 Å². The number of carbonyl (C=O) groups is 1. The van der Waals surface area contributed by atoms with E-state index in [2.05, 4.69) is 0 Å². The van der Waals surface area contributed by atoms with Crippen LogP contribution in [0.3, 0.4) is 0 Å². The highest BCUT2D eigenvalue weighted by molar-refractivity contribution is 5.99. The van der Waals surface area contributed by atoms with Crippen LogP contribution in [0.25, 0.3) is 0 Å². The number of ketones is 1. The van der Waals surface area contributed by atoms with Gasteiger partial charge in [0.1, 0.15) is 5.94 Å². The fourth-order valence-electron chi connectivity index (χ4n) is 1.09. The standard InChI is InChI=1S/C10H10O2/c1-10(2)8(6-7-11)4-3-5-9(10)12/h3-6H,1-2H3. The highest BCUT2D eigenvalue weighted by Crippen LogP contribution is 2.30. The van der Waals surface area contributed by atoms with Gasteiger partial charge in [-0.3, -0.25) is 4.79 Å². The number of carbonyl (C=O) groups excluding carboxylic acids is 2. The molecule has 0 aromatic carbocycles. The molecule has 1 aliphatic carbocycles. The summed E-state index contributed by atoms with van der Waals surface area (Å²) in [6.45, 7) is 3.58. The zero-order chi connectivity index (χ0) is 9.19. The van der Waals surface area contributed by atoms with E-state index in [9.17, 15) is 9.59 Å². The van der Waals surface area contributed by atoms with E-state index in [-0.39, 0.29) is 5.78 Å². The van der Waals surface area contributed by atoms with E-state index in [0.717, 1.165) is 0 Å². The Hall–Kier alpha value is -1.40. The number of allylic oxidation sites excluding steroid dienone is 5. The van der Waals surface area contributed by atoms with Gasteiger partial charge in [0.15, 0.2) is 5.78 Å². The summed E-state index contributed by atoms with van der Waals surface area (Å²) in [4.78, 5) is 21.4. The minimum absolute atomic E-state index is 0.0199. The van der Waals surface area contributed by atoms with E-state index in [1.807, 2.05) is 0 Å². The average Bonchev–Trinajstić information content (AvgIpc) is 2.00. The maximum absolute atomic E-state index is 11.3. The molecule has 1 aliphatic rings. The van der Waals surface area contributed by atoms with E-state index in [1.54, 1.807) is 31.9 Å². The van der Waals surface area contributed by atoms with Gasteiger partial charge in [-0.15, -0.1) is 0 Å². The molecule has 0 spiro atoms. The summed E-state index contributed by atoms with van der Waals surface area (Å²) in [5, 5.41) is 0. The monoisotopic (exact) mass is 162 g/mol. The predicted molar refractivity (Wildman–Crippen MR) is 46.3 cm³/mol. The Labute approximate surface area is 71.3 Å². The van der Waals surface area contributed by atoms with Gasteiger partial charge in [0.25, 0.3) is 0 Å². The lowest BCUT2D eigenvalue weighted by atomic mass is 9.77. The molecule has 62 valence electrons. The molecule has 0 heterocycles. The molecule has 0 atom stereocenters. The molecular weight excluding hydrogens is 152 g/mol. The Morgan fingerprint density at radius 1 is 1.50 bits per heavy atom. The van der Waals surface area contributed by atoms with E-state index in [0.29, 0.717) is 5.57 Å². The van der Waals surface area contributed by atoms with E-state index in [4.69, 9.17) is 0 Å². The highest BCUT2D eigenvalue weighted by atomic mass is 16.1. The Kier molecular flexibility index (Phi) is 2.11. The van der Waals surface area contributed by atoms with Gasteiger partial charge in [-0.05, 0) is 25.5 Å². The van der Waals surface area contributed by atoms with Crippen LogP contribution in [-0.2, 0) is 9.59 Å². The van der Waals surface area contributed by atoms with Crippen LogP contribution in [-0.4, -0.2) is 11.7 Å². The third kappa shape index (κ3) is 1.29. The lowest BCUT2D eigenvalue weighted by Crippen LogP contribution is -2.25. The van der Waals surface area contributed by atoms with Gasteiger partial charge in [0, 0.05) is 6.08 Å². The molecule has 0 radical (unpaired) electrons. The summed E-state index contributed by atoms with van der Waals surface area (Å²) in [5.41, 5.74) is 0.136. The van der Waals surface area contributed by atoms with Gasteiger partial charge in [0.05, 0.1) is 5.41 Å². The molecule has 0 aromatic rings. The summed E-state index contributed by atoms with van der Waals surface area (Å²) < 4.78 is 0. The Morgan fingerprint density at radius 3 is 2.75 bits per heavy atom. The van der Waals surface area contributed by atoms with Crippen molar-refractivity contribution in [3.05, 3.63) is 29.9 Å². The van der Waals surface area contributed by atoms with Crippen molar-refractivity contribution in [1.29, 1.82) is 0 Å². The number of hydrogen-bond donors (Lipinski definition) is 0. The SMILES string of the molecule is CC1(C)C(=O)C=CC=C1C=C=O. The Morgan fingerprint density at radius 2 is 2.17 bits per heavy atom. The summed E-state index contributed by atoms with van der Waals surface area (Å²) in [7, 11) is 0. The molecule has 0 aliphatic heterocycles. The second kappa shape index (κ2) is 2.92. The van der Waals surface area contributed by atoms with Crippen molar-refractivity contribution >= 4 is 11.7 Å². The van der Waals surface area contributed by atoms with E-state index < -0.39 is 5.41 Å². The van der Waals surface area contributed by atoms with Crippen molar-refractivity contribution in [3.8, 4) is 0 Å². The second-order valence-corrected chi connectivity index (χ2v) is 3.23. The van der Waals surface area contributed by atoms with Gasteiger partial charge in [-0.2, -0.15) is 0 Å². The molecule has 2 heteroatoms. The van der Waals surface area contributed by atoms with Crippen LogP contribution in [0.4, 0.5) is 0 Å². The third-order valence-electron chi connectivity index (χ3n) is 2.08. The van der Waals surface area contributed by atoms with Crippen molar-refractivity contribution in [2.75, 3.05) is 0 Å². The maximum atomic E-state index is 11.3. The predicted octanol–water partition coefficient (Wildman–Crippen LogP) is 1.47. The van der Waals surface area contributed by atoms with Gasteiger partial charge < -0.3 is 0 Å². The molecule has 0 amide bonds. The maximum Gasteiger partial charge on any atom is 0.165 e. The van der Waals surface area contributed by atoms with Gasteiger partial charge in [-0.1, -0.05) is 12.2 Å². The van der Waals surface area contributed by atoms with Crippen molar-refractivity contribution in [2.45, 2.75) is 13.8 Å². The zero-order valence-corrected chi connectivity index (χ0v) is 7.13. The fraction of sp³-hybridized carbons (Fsp3) is 0.300. The molecule has 0 saturated carbocycles. The van der Waals surface area contributed by atoms with Crippen LogP contribution in [0.2, 0.25) is 0 Å². The first-order chi connectivity index (χ1) is 5.59. The molecule has 0 fully saturated rings. The highest BCUT2D eigenvalue weighted by Gasteiger charge is 2.30. The van der Waals surface area contributed by atoms with E-state index >= 15 is 0 Å². The van der Waals surface area contributed by atoms with Crippen LogP contribution >= 0.6 is 0 Å². The molecule has 0 aromatic heterocycles. The van der Waals surface area contributed by atoms with Gasteiger partial charge in [0.2, 0.25) is 0 Å². The first-order valence-corrected chi connectivity index (χ1v) is 3.73. The molecule has 0 unspecified atom stereocenters. The van der Waals surface area contributed by atoms with Crippen LogP contribution in [0.1, 0.15) is 13.8 Å². The quantitative estimate of drug-likeness (QED) is 0.547. The summed E-state index contributed by atoms with van der Waals surface area (Å²) >= 11 is 0. The third-order valence-corrected chi connectivity index (χ3v) is 2.08. The molecule has 0 N–H and O–H groups in total. The smallest absolute Gasteiger partial charge is 0.165 e. The lowest BCUT2D eigenvalue weighted by molar-refractivity contribution is -0.120. The first kappa shape index (κ1) is 8.69. The number of rotatable bonds is 1. The van der Waals surface area contributed by atoms with Crippen LogP contribution < -0.4 is 0 Å². The molecular formula is C10H10O2. The molecule has 0 saturated heterocycles. The molecule has 0 bridgehead atoms. The van der Waals surface area contributed by atoms with Gasteiger partial charge >= 0.3 is 0 Å². The number of hydrogen-bond acceptors (Lipinski definition) is 2. The Balaban J connectivity index is 3.14. The van der Waals surface area contributed by atoms with Crippen LogP contribution in [0.5, 0.6) is 0 Å². The minimum Gasteiger partial charge on any atom is -0.294 e. The summed E-state index contributed by atoms with van der Waals surface area (Å²) in [5.74, 6) is 1.70. The Bertz CT molecular complexity index is 313. The van der Waals surface area contributed by atoms with Crippen LogP contribution in [0, 0.1) is 5.41 Å².